The third-order valence-corrected chi connectivity index (χ3v) is 6.17. The minimum Gasteiger partial charge on any atom is -0.339 e. The van der Waals surface area contributed by atoms with Gasteiger partial charge in [-0.05, 0) is 69.4 Å². The van der Waals surface area contributed by atoms with E-state index in [1.54, 1.807) is 0 Å². The summed E-state index contributed by atoms with van der Waals surface area (Å²) in [6.45, 7) is 5.64. The van der Waals surface area contributed by atoms with Crippen molar-refractivity contribution < 1.29 is 4.79 Å². The quantitative estimate of drug-likeness (QED) is 0.813. The van der Waals surface area contributed by atoms with E-state index in [9.17, 15) is 4.79 Å². The van der Waals surface area contributed by atoms with Gasteiger partial charge in [0.1, 0.15) is 0 Å². The Balaban J connectivity index is 1.50. The van der Waals surface area contributed by atoms with Gasteiger partial charge in [-0.1, -0.05) is 26.2 Å². The van der Waals surface area contributed by atoms with Crippen molar-refractivity contribution in [3.05, 3.63) is 0 Å². The minimum atomic E-state index is 0.458. The number of hydrogen-bond acceptors (Lipinski definition) is 2. The van der Waals surface area contributed by atoms with Crippen molar-refractivity contribution in [3.8, 4) is 0 Å². The summed E-state index contributed by atoms with van der Waals surface area (Å²) in [7, 11) is 0. The van der Waals surface area contributed by atoms with Crippen LogP contribution in [0.3, 0.4) is 0 Å². The van der Waals surface area contributed by atoms with Gasteiger partial charge in [0.2, 0.25) is 5.91 Å². The Kier molecular flexibility index (Phi) is 5.78. The monoisotopic (exact) mass is 306 g/mol. The van der Waals surface area contributed by atoms with Crippen LogP contribution in [0.2, 0.25) is 0 Å². The fourth-order valence-electron chi connectivity index (χ4n) is 4.46. The molecular formula is C19H34N2O. The predicted molar refractivity (Wildman–Crippen MR) is 90.7 cm³/mol. The summed E-state index contributed by atoms with van der Waals surface area (Å²) >= 11 is 0. The molecule has 2 saturated carbocycles. The zero-order valence-corrected chi connectivity index (χ0v) is 14.4. The molecule has 0 aromatic heterocycles. The molecule has 3 nitrogen and oxygen atoms in total. The van der Waals surface area contributed by atoms with E-state index in [0.717, 1.165) is 37.9 Å². The largest absolute Gasteiger partial charge is 0.339 e. The van der Waals surface area contributed by atoms with Crippen LogP contribution < -0.4 is 5.32 Å². The van der Waals surface area contributed by atoms with Gasteiger partial charge in [-0.3, -0.25) is 4.79 Å². The fraction of sp³-hybridized carbons (Fsp3) is 0.947. The van der Waals surface area contributed by atoms with E-state index in [2.05, 4.69) is 17.1 Å². The molecule has 1 unspecified atom stereocenters. The van der Waals surface area contributed by atoms with E-state index in [-0.39, 0.29) is 0 Å². The lowest BCUT2D eigenvalue weighted by Gasteiger charge is -2.33. The Morgan fingerprint density at radius 1 is 1.05 bits per heavy atom. The summed E-state index contributed by atoms with van der Waals surface area (Å²) in [5.74, 6) is 2.55. The van der Waals surface area contributed by atoms with Crippen LogP contribution in [0.5, 0.6) is 0 Å². The van der Waals surface area contributed by atoms with Crippen molar-refractivity contribution in [3.63, 3.8) is 0 Å². The topological polar surface area (TPSA) is 32.3 Å². The number of amides is 1. The van der Waals surface area contributed by atoms with Gasteiger partial charge in [0, 0.05) is 19.0 Å². The van der Waals surface area contributed by atoms with Gasteiger partial charge in [-0.15, -0.1) is 0 Å². The van der Waals surface area contributed by atoms with Crippen LogP contribution in [0.1, 0.15) is 71.1 Å². The molecule has 1 aliphatic heterocycles. The van der Waals surface area contributed by atoms with Crippen molar-refractivity contribution in [1.29, 1.82) is 0 Å². The first-order valence-corrected chi connectivity index (χ1v) is 9.74. The molecule has 0 bridgehead atoms. The number of rotatable bonds is 6. The first-order valence-electron chi connectivity index (χ1n) is 9.74. The molecule has 1 amide bonds. The number of hydrogen-bond donors (Lipinski definition) is 1. The normalized spacial score (nSPS) is 25.9. The van der Waals surface area contributed by atoms with Crippen LogP contribution in [0.15, 0.2) is 0 Å². The van der Waals surface area contributed by atoms with Gasteiger partial charge in [-0.2, -0.15) is 0 Å². The van der Waals surface area contributed by atoms with Crippen molar-refractivity contribution in [1.82, 2.24) is 10.2 Å². The maximum atomic E-state index is 12.9. The lowest BCUT2D eigenvalue weighted by Crippen LogP contribution is -2.39. The minimum absolute atomic E-state index is 0.458. The zero-order chi connectivity index (χ0) is 15.4. The van der Waals surface area contributed by atoms with Gasteiger partial charge in [0.15, 0.2) is 0 Å². The molecule has 3 aliphatic rings. The Bertz CT molecular complexity index is 354. The summed E-state index contributed by atoms with van der Waals surface area (Å²) in [5, 5.41) is 3.43. The number of nitrogens with zero attached hydrogens (tertiary/aromatic N) is 1. The van der Waals surface area contributed by atoms with Crippen LogP contribution in [0.4, 0.5) is 0 Å². The molecule has 0 aromatic carbocycles. The van der Waals surface area contributed by atoms with Crippen LogP contribution in [-0.2, 0) is 4.79 Å². The van der Waals surface area contributed by atoms with Crippen LogP contribution >= 0.6 is 0 Å². The number of carbonyl (C=O) groups excluding carboxylic acids is 1. The standard InChI is InChI=1S/C19H34N2O/c1-15(17-9-11-20-12-10-17)13-19(22)21(18-7-8-18)14-16-5-3-2-4-6-16/h15-18,20H,2-14H2,1H3. The number of nitrogens with one attached hydrogen (secondary N) is 1. The molecule has 126 valence electrons. The highest BCUT2D eigenvalue weighted by molar-refractivity contribution is 5.77. The maximum Gasteiger partial charge on any atom is 0.223 e. The highest BCUT2D eigenvalue weighted by Crippen LogP contribution is 2.33. The SMILES string of the molecule is CC(CC(=O)N(CC1CCCCC1)C1CC1)C1CCNCC1. The summed E-state index contributed by atoms with van der Waals surface area (Å²) in [4.78, 5) is 15.1. The highest BCUT2D eigenvalue weighted by atomic mass is 16.2. The lowest BCUT2D eigenvalue weighted by atomic mass is 9.83. The van der Waals surface area contributed by atoms with E-state index >= 15 is 0 Å². The molecule has 1 N–H and O–H groups in total. The summed E-state index contributed by atoms with van der Waals surface area (Å²) in [6.07, 6.45) is 12.6. The van der Waals surface area contributed by atoms with E-state index in [1.807, 2.05) is 0 Å². The van der Waals surface area contributed by atoms with E-state index in [1.165, 1.54) is 57.8 Å². The highest BCUT2D eigenvalue weighted by Gasteiger charge is 2.35. The average molecular weight is 306 g/mol. The molecule has 3 fully saturated rings. The van der Waals surface area contributed by atoms with Crippen molar-refractivity contribution in [2.75, 3.05) is 19.6 Å². The zero-order valence-electron chi connectivity index (χ0n) is 14.4. The van der Waals surface area contributed by atoms with Gasteiger partial charge in [-0.25, -0.2) is 0 Å². The molecule has 0 aromatic rings. The van der Waals surface area contributed by atoms with Crippen molar-refractivity contribution >= 4 is 5.91 Å². The molecule has 1 heterocycles. The molecule has 2 aliphatic carbocycles. The van der Waals surface area contributed by atoms with Gasteiger partial charge >= 0.3 is 0 Å². The predicted octanol–water partition coefficient (Wildman–Crippen LogP) is 3.58. The molecule has 0 spiro atoms. The molecular weight excluding hydrogens is 272 g/mol. The Morgan fingerprint density at radius 3 is 2.36 bits per heavy atom. The molecule has 3 rings (SSSR count). The average Bonchev–Trinajstić information content (AvgIpc) is 3.39. The first kappa shape index (κ1) is 16.3. The smallest absolute Gasteiger partial charge is 0.223 e. The van der Waals surface area contributed by atoms with Crippen LogP contribution in [0.25, 0.3) is 0 Å². The molecule has 1 atom stereocenters. The van der Waals surface area contributed by atoms with E-state index in [0.29, 0.717) is 17.9 Å². The third kappa shape index (κ3) is 4.47. The molecule has 0 radical (unpaired) electrons. The van der Waals surface area contributed by atoms with E-state index < -0.39 is 0 Å². The second-order valence-electron chi connectivity index (χ2n) is 8.05. The van der Waals surface area contributed by atoms with Crippen LogP contribution in [0, 0.1) is 17.8 Å². The number of carbonyl (C=O) groups is 1. The Morgan fingerprint density at radius 2 is 1.73 bits per heavy atom. The van der Waals surface area contributed by atoms with Crippen molar-refractivity contribution in [2.45, 2.75) is 77.2 Å². The van der Waals surface area contributed by atoms with Crippen molar-refractivity contribution in [2.24, 2.45) is 17.8 Å². The van der Waals surface area contributed by atoms with Gasteiger partial charge in [0.05, 0.1) is 0 Å². The lowest BCUT2D eigenvalue weighted by molar-refractivity contribution is -0.134. The summed E-state index contributed by atoms with van der Waals surface area (Å²) < 4.78 is 0. The second-order valence-corrected chi connectivity index (χ2v) is 8.05. The summed E-state index contributed by atoms with van der Waals surface area (Å²) in [6, 6.07) is 0.592. The Hall–Kier alpha value is -0.570. The van der Waals surface area contributed by atoms with Gasteiger partial charge < -0.3 is 10.2 Å². The van der Waals surface area contributed by atoms with Crippen LogP contribution in [-0.4, -0.2) is 36.5 Å². The maximum absolute atomic E-state index is 12.9. The van der Waals surface area contributed by atoms with E-state index in [4.69, 9.17) is 0 Å². The summed E-state index contributed by atoms with van der Waals surface area (Å²) in [5.41, 5.74) is 0. The first-order chi connectivity index (χ1) is 10.7. The molecule has 1 saturated heterocycles. The molecule has 22 heavy (non-hydrogen) atoms. The molecule has 3 heteroatoms. The third-order valence-electron chi connectivity index (χ3n) is 6.17. The Labute approximate surface area is 136 Å². The number of piperidine rings is 1. The van der Waals surface area contributed by atoms with Gasteiger partial charge in [0.25, 0.3) is 0 Å². The fourth-order valence-corrected chi connectivity index (χ4v) is 4.46. The second kappa shape index (κ2) is 7.81.